The smallest absolute Gasteiger partial charge is 1.00 e. The Labute approximate surface area is 45.6 Å². The second-order valence-electron chi connectivity index (χ2n) is 0.100. The molecular formula is CH3LiNS+. The first-order chi connectivity index (χ1) is 1.41. The largest absolute Gasteiger partial charge is 1.00 e. The average Bonchev–Trinajstić information content (AvgIpc) is 0.918. The maximum Gasteiger partial charge on any atom is 1.00 e. The van der Waals surface area contributed by atoms with Gasteiger partial charge in [0.25, 0.3) is 0 Å². The molecule has 0 fully saturated rings. The van der Waals surface area contributed by atoms with E-state index < -0.39 is 0 Å². The molecule has 0 aromatic carbocycles. The molecule has 18 valence electrons. The van der Waals surface area contributed by atoms with E-state index in [1.54, 1.807) is 0 Å². The van der Waals surface area contributed by atoms with Gasteiger partial charge in [-0.1, -0.05) is 12.6 Å². The summed E-state index contributed by atoms with van der Waals surface area (Å²) < 4.78 is 0. The summed E-state index contributed by atoms with van der Waals surface area (Å²) in [5.41, 5.74) is 0. The molecule has 0 aliphatic heterocycles. The third kappa shape index (κ3) is 26.3. The summed E-state index contributed by atoms with van der Waals surface area (Å²) in [7, 11) is 0. The Hall–Kier alpha value is 0.437. The molecule has 0 bridgehead atoms. The standard InChI is InChI=1S/CHNS.Li.H/c2-1-3;;/h3H;;/q;+1;-1/p+1. The van der Waals surface area contributed by atoms with Gasteiger partial charge < -0.3 is 1.43 Å². The number of hydrogen-bond donors (Lipinski definition) is 1. The van der Waals surface area contributed by atoms with E-state index in [0.29, 0.717) is 0 Å². The van der Waals surface area contributed by atoms with Crippen molar-refractivity contribution in [3.05, 3.63) is 0 Å². The van der Waals surface area contributed by atoms with Crippen LogP contribution in [0.3, 0.4) is 0 Å². The minimum Gasteiger partial charge on any atom is -1.00 e. The Bertz CT molecular complexity index is 35.0. The average molecular weight is 68.1 g/mol. The Morgan fingerprint density at radius 1 is 2.25 bits per heavy atom. The number of rotatable bonds is 0. The summed E-state index contributed by atoms with van der Waals surface area (Å²) in [4.78, 5) is 0. The number of thiol groups is 1. The van der Waals surface area contributed by atoms with Gasteiger partial charge in [0.1, 0.15) is 5.40 Å². The van der Waals surface area contributed by atoms with Crippen molar-refractivity contribution < 1.29 is 21.7 Å². The monoisotopic (exact) mass is 68.0 g/mol. The van der Waals surface area contributed by atoms with Crippen LogP contribution < -0.4 is 18.9 Å². The predicted molar refractivity (Wildman–Crippen MR) is 16.8 cm³/mol. The molecule has 0 rings (SSSR count). The van der Waals surface area contributed by atoms with Gasteiger partial charge in [-0.2, -0.15) is 5.26 Å². The first-order valence-electron chi connectivity index (χ1n) is 0.447. The molecule has 0 unspecified atom stereocenters. The van der Waals surface area contributed by atoms with E-state index in [1.807, 2.05) is 0 Å². The molecule has 0 aliphatic rings. The molecule has 0 atom stereocenters. The second-order valence-corrected chi connectivity index (χ2v) is 0.300. The zero-order chi connectivity index (χ0) is 2.71. The molecule has 0 aliphatic carbocycles. The fraction of sp³-hybridized carbons (Fsp3) is 0. The number of nitrogens with zero attached hydrogens (tertiary/aromatic N) is 1. The van der Waals surface area contributed by atoms with Crippen LogP contribution in [0.5, 0.6) is 0 Å². The van der Waals surface area contributed by atoms with E-state index in [9.17, 15) is 0 Å². The van der Waals surface area contributed by atoms with Crippen LogP contribution in [-0.4, -0.2) is 0 Å². The quantitative estimate of drug-likeness (QED) is 0.191. The van der Waals surface area contributed by atoms with E-state index in [-0.39, 0.29) is 21.7 Å². The molecule has 0 N–H and O–H groups in total. The van der Waals surface area contributed by atoms with Crippen LogP contribution in [-0.2, 0) is 0 Å². The summed E-state index contributed by atoms with van der Waals surface area (Å²) in [6.45, 7) is 0. The molecule has 0 radical (unpaired) electrons. The molecule has 0 heterocycles. The third-order valence-electron chi connectivity index (χ3n) is 0. The Kier molecular flexibility index (Phi) is 21.8. The molecule has 0 saturated carbocycles. The van der Waals surface area contributed by atoms with E-state index in [4.69, 9.17) is 5.26 Å². The van der Waals surface area contributed by atoms with Crippen molar-refractivity contribution in [1.82, 2.24) is 0 Å². The fourth-order valence-corrected chi connectivity index (χ4v) is 0. The minimum absolute atomic E-state index is 0. The van der Waals surface area contributed by atoms with E-state index in [1.165, 1.54) is 5.40 Å². The normalized spacial score (nSPS) is 2.00. The topological polar surface area (TPSA) is 23.8 Å². The zero-order valence-electron chi connectivity index (χ0n) is 4.39. The summed E-state index contributed by atoms with van der Waals surface area (Å²) >= 11 is 3.09. The van der Waals surface area contributed by atoms with Gasteiger partial charge in [0.05, 0.1) is 0 Å². The van der Waals surface area contributed by atoms with Crippen molar-refractivity contribution in [2.75, 3.05) is 0 Å². The van der Waals surface area contributed by atoms with Crippen LogP contribution in [0, 0.1) is 10.7 Å². The molecular weight excluding hydrogens is 65.0 g/mol. The van der Waals surface area contributed by atoms with Crippen molar-refractivity contribution in [2.24, 2.45) is 0 Å². The number of hydrogen-bond acceptors (Lipinski definition) is 2. The molecule has 4 heavy (non-hydrogen) atoms. The fourth-order valence-electron chi connectivity index (χ4n) is 0. The summed E-state index contributed by atoms with van der Waals surface area (Å²) in [5, 5.41) is 8.63. The van der Waals surface area contributed by atoms with Crippen molar-refractivity contribution in [2.45, 2.75) is 0 Å². The zero-order valence-corrected chi connectivity index (χ0v) is 3.29. The van der Waals surface area contributed by atoms with Crippen LogP contribution in [0.15, 0.2) is 0 Å². The van der Waals surface area contributed by atoms with Crippen molar-refractivity contribution in [3.63, 3.8) is 0 Å². The molecule has 0 spiro atoms. The van der Waals surface area contributed by atoms with E-state index in [0.717, 1.165) is 0 Å². The number of thiocyanates is 1. The van der Waals surface area contributed by atoms with Crippen LogP contribution >= 0.6 is 12.6 Å². The molecule has 0 aromatic rings. The van der Waals surface area contributed by atoms with Gasteiger partial charge >= 0.3 is 20.3 Å². The Morgan fingerprint density at radius 3 is 2.25 bits per heavy atom. The number of nitriles is 1. The first-order valence-corrected chi connectivity index (χ1v) is 0.894. The Morgan fingerprint density at radius 2 is 2.25 bits per heavy atom. The molecule has 0 aromatic heterocycles. The van der Waals surface area contributed by atoms with Crippen molar-refractivity contribution >= 4 is 12.6 Å². The maximum absolute atomic E-state index is 7.18. The van der Waals surface area contributed by atoms with Gasteiger partial charge in [-0.15, -0.1) is 0 Å². The first kappa shape index (κ1) is 8.83. The SMILES string of the molecule is N#CS.[H+].[H-].[Li+]. The van der Waals surface area contributed by atoms with Gasteiger partial charge in [-0.3, -0.25) is 0 Å². The third-order valence-corrected chi connectivity index (χ3v) is 0. The van der Waals surface area contributed by atoms with Gasteiger partial charge in [0.2, 0.25) is 0 Å². The van der Waals surface area contributed by atoms with Crippen LogP contribution in [0.25, 0.3) is 0 Å². The van der Waals surface area contributed by atoms with Crippen LogP contribution in [0.2, 0.25) is 0 Å². The Balaban J connectivity index is -0.00000000667. The minimum atomic E-state index is 0. The summed E-state index contributed by atoms with van der Waals surface area (Å²) in [5.74, 6) is 0. The van der Waals surface area contributed by atoms with Crippen molar-refractivity contribution in [1.29, 1.82) is 5.26 Å². The second kappa shape index (κ2) is 9.88. The van der Waals surface area contributed by atoms with Gasteiger partial charge in [0.15, 0.2) is 0 Å². The van der Waals surface area contributed by atoms with Crippen molar-refractivity contribution in [3.8, 4) is 5.40 Å². The van der Waals surface area contributed by atoms with Gasteiger partial charge in [-0.05, 0) is 0 Å². The van der Waals surface area contributed by atoms with E-state index in [2.05, 4.69) is 12.6 Å². The van der Waals surface area contributed by atoms with E-state index >= 15 is 0 Å². The van der Waals surface area contributed by atoms with Crippen LogP contribution in [0.1, 0.15) is 2.85 Å². The molecule has 3 heteroatoms. The summed E-state index contributed by atoms with van der Waals surface area (Å²) in [6.07, 6.45) is 0. The molecule has 0 amide bonds. The predicted octanol–water partition coefficient (Wildman–Crippen LogP) is -2.37. The van der Waals surface area contributed by atoms with Crippen LogP contribution in [0.4, 0.5) is 0 Å². The molecule has 1 nitrogen and oxygen atoms in total. The van der Waals surface area contributed by atoms with Gasteiger partial charge in [0, 0.05) is 0 Å². The van der Waals surface area contributed by atoms with Gasteiger partial charge in [-0.25, -0.2) is 0 Å². The molecule has 0 saturated heterocycles. The summed E-state index contributed by atoms with van der Waals surface area (Å²) in [6, 6.07) is 0. The maximum atomic E-state index is 7.18.